The van der Waals surface area contributed by atoms with Gasteiger partial charge in [0.15, 0.2) is 0 Å². The van der Waals surface area contributed by atoms with Gasteiger partial charge < -0.3 is 20.9 Å². The Hall–Kier alpha value is -2.57. The van der Waals surface area contributed by atoms with Crippen LogP contribution >= 0.6 is 0 Å². The number of hydrogen-bond acceptors (Lipinski definition) is 3. The van der Waals surface area contributed by atoms with E-state index in [1.165, 1.54) is 0 Å². The third-order valence-electron chi connectivity index (χ3n) is 5.85. The van der Waals surface area contributed by atoms with Crippen LogP contribution in [0.1, 0.15) is 38.5 Å². The van der Waals surface area contributed by atoms with Crippen LogP contribution in [0.25, 0.3) is 0 Å². The number of amides is 4. The highest BCUT2D eigenvalue weighted by molar-refractivity contribution is 5.90. The van der Waals surface area contributed by atoms with Crippen LogP contribution in [0.2, 0.25) is 0 Å². The molecule has 0 spiro atoms. The Kier molecular flexibility index (Phi) is 6.90. The molecule has 0 unspecified atom stereocenters. The number of nitrogens with two attached hydrogens (primary N) is 1. The first-order valence-electron chi connectivity index (χ1n) is 10.2. The number of rotatable bonds is 5. The molecule has 2 aliphatic rings. The number of urea groups is 1. The second-order valence-corrected chi connectivity index (χ2v) is 7.84. The number of nitrogens with zero attached hydrogens (tertiary/aromatic N) is 2. The van der Waals surface area contributed by atoms with E-state index in [2.05, 4.69) is 5.32 Å². The topological polar surface area (TPSA) is 95.7 Å². The van der Waals surface area contributed by atoms with Crippen molar-refractivity contribution in [3.05, 3.63) is 30.3 Å². The predicted molar refractivity (Wildman–Crippen MR) is 107 cm³/mol. The Balaban J connectivity index is 1.38. The van der Waals surface area contributed by atoms with Gasteiger partial charge in [0.2, 0.25) is 11.8 Å². The summed E-state index contributed by atoms with van der Waals surface area (Å²) in [5.41, 5.74) is 6.19. The molecule has 1 aromatic carbocycles. The lowest BCUT2D eigenvalue weighted by Crippen LogP contribution is -2.49. The van der Waals surface area contributed by atoms with Crippen LogP contribution in [0.5, 0.6) is 0 Å². The molecule has 2 saturated heterocycles. The standard InChI is InChI=1S/C21H30N4O3/c22-21(28)25-12-4-5-17(15-25)20(27)24-13-10-16(11-14-24)8-9-19(26)23-18-6-2-1-3-7-18/h1-3,6-7,16-17H,4-5,8-15H2,(H2,22,28)(H,23,26)/t17-/m1/s1. The van der Waals surface area contributed by atoms with Crippen molar-refractivity contribution in [2.45, 2.75) is 38.5 Å². The molecule has 2 heterocycles. The van der Waals surface area contributed by atoms with Crippen molar-refractivity contribution in [1.29, 1.82) is 0 Å². The second-order valence-electron chi connectivity index (χ2n) is 7.84. The Bertz CT molecular complexity index is 686. The van der Waals surface area contributed by atoms with E-state index in [1.807, 2.05) is 35.2 Å². The van der Waals surface area contributed by atoms with Crippen LogP contribution in [-0.2, 0) is 9.59 Å². The molecule has 0 aromatic heterocycles. The van der Waals surface area contributed by atoms with Gasteiger partial charge in [-0.3, -0.25) is 9.59 Å². The number of carbonyl (C=O) groups is 3. The predicted octanol–water partition coefficient (Wildman–Crippen LogP) is 2.43. The van der Waals surface area contributed by atoms with Crippen LogP contribution in [0.4, 0.5) is 10.5 Å². The number of anilines is 1. The van der Waals surface area contributed by atoms with E-state index in [-0.39, 0.29) is 17.7 Å². The number of piperidine rings is 2. The van der Waals surface area contributed by atoms with Gasteiger partial charge in [-0.25, -0.2) is 4.79 Å². The smallest absolute Gasteiger partial charge is 0.314 e. The summed E-state index contributed by atoms with van der Waals surface area (Å²) in [6.07, 6.45) is 4.85. The summed E-state index contributed by atoms with van der Waals surface area (Å²) in [7, 11) is 0. The number of nitrogens with one attached hydrogen (secondary N) is 1. The molecule has 7 nitrogen and oxygen atoms in total. The van der Waals surface area contributed by atoms with E-state index in [0.717, 1.165) is 50.9 Å². The van der Waals surface area contributed by atoms with Gasteiger partial charge in [-0.2, -0.15) is 0 Å². The number of carbonyl (C=O) groups excluding carboxylic acids is 3. The molecule has 2 aliphatic heterocycles. The van der Waals surface area contributed by atoms with Crippen molar-refractivity contribution in [3.63, 3.8) is 0 Å². The molecule has 7 heteroatoms. The molecule has 0 bridgehead atoms. The maximum atomic E-state index is 12.8. The SMILES string of the molecule is NC(=O)N1CCC[C@@H](C(=O)N2CCC(CCC(=O)Nc3ccccc3)CC2)C1. The second kappa shape index (κ2) is 9.57. The van der Waals surface area contributed by atoms with E-state index in [0.29, 0.717) is 25.4 Å². The average molecular weight is 386 g/mol. The minimum atomic E-state index is -0.440. The number of para-hydroxylation sites is 1. The molecule has 3 N–H and O–H groups in total. The first kappa shape index (κ1) is 20.2. The summed E-state index contributed by atoms with van der Waals surface area (Å²) >= 11 is 0. The van der Waals surface area contributed by atoms with Gasteiger partial charge in [0.1, 0.15) is 0 Å². The lowest BCUT2D eigenvalue weighted by atomic mass is 9.90. The lowest BCUT2D eigenvalue weighted by Gasteiger charge is -2.37. The lowest BCUT2D eigenvalue weighted by molar-refractivity contribution is -0.138. The minimum absolute atomic E-state index is 0.0402. The highest BCUT2D eigenvalue weighted by Crippen LogP contribution is 2.25. The van der Waals surface area contributed by atoms with E-state index < -0.39 is 6.03 Å². The summed E-state index contributed by atoms with van der Waals surface area (Å²) in [5, 5.41) is 2.92. The molecule has 1 aromatic rings. The molecule has 0 radical (unpaired) electrons. The minimum Gasteiger partial charge on any atom is -0.351 e. The maximum absolute atomic E-state index is 12.8. The van der Waals surface area contributed by atoms with Crippen LogP contribution < -0.4 is 11.1 Å². The zero-order valence-electron chi connectivity index (χ0n) is 16.3. The fraction of sp³-hybridized carbons (Fsp3) is 0.571. The third kappa shape index (κ3) is 5.47. The fourth-order valence-electron chi connectivity index (χ4n) is 4.16. The molecule has 28 heavy (non-hydrogen) atoms. The summed E-state index contributed by atoms with van der Waals surface area (Å²) in [6.45, 7) is 2.55. The van der Waals surface area contributed by atoms with E-state index >= 15 is 0 Å². The number of primary amides is 1. The first-order valence-corrected chi connectivity index (χ1v) is 10.2. The van der Waals surface area contributed by atoms with Gasteiger partial charge in [-0.05, 0) is 50.2 Å². The van der Waals surface area contributed by atoms with Crippen molar-refractivity contribution < 1.29 is 14.4 Å². The van der Waals surface area contributed by atoms with Crippen LogP contribution in [0, 0.1) is 11.8 Å². The van der Waals surface area contributed by atoms with Crippen molar-refractivity contribution >= 4 is 23.5 Å². The van der Waals surface area contributed by atoms with Crippen molar-refractivity contribution in [2.24, 2.45) is 17.6 Å². The van der Waals surface area contributed by atoms with Crippen LogP contribution in [0.15, 0.2) is 30.3 Å². The monoisotopic (exact) mass is 386 g/mol. The van der Waals surface area contributed by atoms with Gasteiger partial charge in [0.05, 0.1) is 5.92 Å². The number of benzene rings is 1. The van der Waals surface area contributed by atoms with Crippen LogP contribution in [-0.4, -0.2) is 53.8 Å². The zero-order valence-corrected chi connectivity index (χ0v) is 16.3. The Morgan fingerprint density at radius 1 is 1.00 bits per heavy atom. The highest BCUT2D eigenvalue weighted by Gasteiger charge is 2.32. The molecule has 0 saturated carbocycles. The van der Waals surface area contributed by atoms with Crippen molar-refractivity contribution in [2.75, 3.05) is 31.5 Å². The maximum Gasteiger partial charge on any atom is 0.314 e. The number of likely N-dealkylation sites (tertiary alicyclic amines) is 2. The summed E-state index contributed by atoms with van der Waals surface area (Å²) < 4.78 is 0. The normalized spacial score (nSPS) is 20.6. The fourth-order valence-corrected chi connectivity index (χ4v) is 4.16. The highest BCUT2D eigenvalue weighted by atomic mass is 16.2. The van der Waals surface area contributed by atoms with Crippen molar-refractivity contribution in [3.8, 4) is 0 Å². The van der Waals surface area contributed by atoms with Gasteiger partial charge in [-0.15, -0.1) is 0 Å². The van der Waals surface area contributed by atoms with Crippen LogP contribution in [0.3, 0.4) is 0 Å². The van der Waals surface area contributed by atoms with Gasteiger partial charge in [0, 0.05) is 38.3 Å². The molecule has 1 atom stereocenters. The molecule has 4 amide bonds. The zero-order chi connectivity index (χ0) is 19.9. The summed E-state index contributed by atoms with van der Waals surface area (Å²) in [6, 6.07) is 9.04. The average Bonchev–Trinajstić information content (AvgIpc) is 2.73. The van der Waals surface area contributed by atoms with E-state index in [1.54, 1.807) is 4.90 Å². The van der Waals surface area contributed by atoms with Gasteiger partial charge >= 0.3 is 6.03 Å². The first-order chi connectivity index (χ1) is 13.5. The molecular formula is C21H30N4O3. The quantitative estimate of drug-likeness (QED) is 0.813. The molecule has 3 rings (SSSR count). The largest absolute Gasteiger partial charge is 0.351 e. The van der Waals surface area contributed by atoms with Gasteiger partial charge in [0.25, 0.3) is 0 Å². The van der Waals surface area contributed by atoms with E-state index in [4.69, 9.17) is 5.73 Å². The van der Waals surface area contributed by atoms with E-state index in [9.17, 15) is 14.4 Å². The summed E-state index contributed by atoms with van der Waals surface area (Å²) in [5.74, 6) is 0.526. The number of hydrogen-bond donors (Lipinski definition) is 2. The Morgan fingerprint density at radius 2 is 1.71 bits per heavy atom. The van der Waals surface area contributed by atoms with Crippen molar-refractivity contribution in [1.82, 2.24) is 9.80 Å². The summed E-state index contributed by atoms with van der Waals surface area (Å²) in [4.78, 5) is 39.8. The molecule has 2 fully saturated rings. The third-order valence-corrected chi connectivity index (χ3v) is 5.85. The molecular weight excluding hydrogens is 356 g/mol. The molecule has 152 valence electrons. The Morgan fingerprint density at radius 3 is 2.39 bits per heavy atom. The Labute approximate surface area is 166 Å². The van der Waals surface area contributed by atoms with Gasteiger partial charge in [-0.1, -0.05) is 18.2 Å². The molecule has 0 aliphatic carbocycles.